The number of benzene rings is 1. The molecule has 0 aromatic heterocycles. The molecular weight excluding hydrogens is 183 g/mol. The third kappa shape index (κ3) is 2.54. The lowest BCUT2D eigenvalue weighted by Gasteiger charge is -2.06. The normalized spacial score (nSPS) is 10.5. The molecule has 0 spiro atoms. The molecule has 0 aliphatic carbocycles. The van der Waals surface area contributed by atoms with Crippen molar-refractivity contribution in [3.63, 3.8) is 0 Å². The summed E-state index contributed by atoms with van der Waals surface area (Å²) >= 11 is 0. The number of nitrogen functional groups attached to an aromatic ring is 1. The number of halogens is 3. The molecule has 1 aromatic rings. The van der Waals surface area contributed by atoms with Crippen molar-refractivity contribution in [3.8, 4) is 5.75 Å². The fourth-order valence-electron chi connectivity index (χ4n) is 0.792. The molecule has 0 bridgehead atoms. The highest BCUT2D eigenvalue weighted by Crippen LogP contribution is 2.21. The number of nitrogens with two attached hydrogens (primary N) is 1. The van der Waals surface area contributed by atoms with Gasteiger partial charge >= 0.3 is 0 Å². The lowest BCUT2D eigenvalue weighted by atomic mass is 10.3. The van der Waals surface area contributed by atoms with E-state index in [4.69, 9.17) is 5.73 Å². The van der Waals surface area contributed by atoms with Crippen molar-refractivity contribution >= 4 is 5.69 Å². The van der Waals surface area contributed by atoms with Crippen LogP contribution in [-0.2, 0) is 0 Å². The molecule has 0 unspecified atom stereocenters. The highest BCUT2D eigenvalue weighted by Gasteiger charge is 2.09. The monoisotopic (exact) mass is 191 g/mol. The van der Waals surface area contributed by atoms with Crippen molar-refractivity contribution in [1.82, 2.24) is 0 Å². The van der Waals surface area contributed by atoms with Crippen LogP contribution in [0.5, 0.6) is 5.75 Å². The maximum absolute atomic E-state index is 13.0. The molecule has 72 valence electrons. The summed E-state index contributed by atoms with van der Waals surface area (Å²) in [7, 11) is 0. The van der Waals surface area contributed by atoms with Gasteiger partial charge in [0.05, 0.1) is 5.69 Å². The zero-order valence-electron chi connectivity index (χ0n) is 6.64. The average molecular weight is 191 g/mol. The number of rotatable bonds is 3. The van der Waals surface area contributed by atoms with Gasteiger partial charge in [0.25, 0.3) is 6.43 Å². The van der Waals surface area contributed by atoms with Crippen LogP contribution in [0.4, 0.5) is 18.9 Å². The van der Waals surface area contributed by atoms with Crippen molar-refractivity contribution < 1.29 is 17.9 Å². The van der Waals surface area contributed by atoms with Gasteiger partial charge in [0.15, 0.2) is 11.6 Å². The highest BCUT2D eigenvalue weighted by atomic mass is 19.3. The molecule has 0 saturated heterocycles. The third-order valence-corrected chi connectivity index (χ3v) is 1.36. The smallest absolute Gasteiger partial charge is 0.272 e. The maximum atomic E-state index is 13.0. The molecule has 0 atom stereocenters. The van der Waals surface area contributed by atoms with Gasteiger partial charge in [-0.3, -0.25) is 0 Å². The van der Waals surface area contributed by atoms with Crippen LogP contribution >= 0.6 is 0 Å². The van der Waals surface area contributed by atoms with Crippen molar-refractivity contribution in [2.75, 3.05) is 12.3 Å². The predicted molar refractivity (Wildman–Crippen MR) is 42.3 cm³/mol. The van der Waals surface area contributed by atoms with Gasteiger partial charge in [-0.2, -0.15) is 0 Å². The van der Waals surface area contributed by atoms with Crippen molar-refractivity contribution in [3.05, 3.63) is 24.0 Å². The number of alkyl halides is 2. The number of hydrogen-bond donors (Lipinski definition) is 1. The first-order chi connectivity index (χ1) is 6.11. The van der Waals surface area contributed by atoms with Gasteiger partial charge in [-0.15, -0.1) is 0 Å². The molecule has 0 saturated carbocycles. The molecule has 0 radical (unpaired) electrons. The molecule has 1 aromatic carbocycles. The summed E-state index contributed by atoms with van der Waals surface area (Å²) in [6, 6.07) is 4.00. The van der Waals surface area contributed by atoms with E-state index in [0.717, 1.165) is 0 Å². The second kappa shape index (κ2) is 4.02. The molecule has 5 heteroatoms. The zero-order valence-corrected chi connectivity index (χ0v) is 6.64. The van der Waals surface area contributed by atoms with Crippen LogP contribution in [0.3, 0.4) is 0 Å². The Bertz CT molecular complexity index is 291. The minimum Gasteiger partial charge on any atom is -0.484 e. The largest absolute Gasteiger partial charge is 0.484 e. The van der Waals surface area contributed by atoms with E-state index in [1.54, 1.807) is 0 Å². The van der Waals surface area contributed by atoms with Crippen LogP contribution in [0.15, 0.2) is 18.2 Å². The molecule has 0 amide bonds. The van der Waals surface area contributed by atoms with Gasteiger partial charge in [0.1, 0.15) is 6.61 Å². The molecule has 0 heterocycles. The van der Waals surface area contributed by atoms with E-state index in [0.29, 0.717) is 0 Å². The number of ether oxygens (including phenoxy) is 1. The first-order valence-corrected chi connectivity index (χ1v) is 3.56. The van der Waals surface area contributed by atoms with E-state index < -0.39 is 18.8 Å². The Morgan fingerprint density at radius 1 is 1.38 bits per heavy atom. The van der Waals surface area contributed by atoms with E-state index in [1.807, 2.05) is 0 Å². The molecule has 0 aliphatic rings. The molecular formula is C8H8F3NO. The lowest BCUT2D eigenvalue weighted by molar-refractivity contribution is 0.0800. The average Bonchev–Trinajstić information content (AvgIpc) is 2.07. The van der Waals surface area contributed by atoms with Gasteiger partial charge < -0.3 is 10.5 Å². The summed E-state index contributed by atoms with van der Waals surface area (Å²) in [5, 5.41) is 0. The Labute approximate surface area is 73.1 Å². The topological polar surface area (TPSA) is 35.2 Å². The van der Waals surface area contributed by atoms with E-state index in [1.165, 1.54) is 18.2 Å². The van der Waals surface area contributed by atoms with E-state index in [9.17, 15) is 13.2 Å². The molecule has 2 N–H and O–H groups in total. The van der Waals surface area contributed by atoms with E-state index in [-0.39, 0.29) is 11.4 Å². The highest BCUT2D eigenvalue weighted by molar-refractivity contribution is 5.45. The quantitative estimate of drug-likeness (QED) is 0.742. The fourth-order valence-corrected chi connectivity index (χ4v) is 0.792. The summed E-state index contributed by atoms with van der Waals surface area (Å²) < 4.78 is 40.8. The van der Waals surface area contributed by atoms with Crippen LogP contribution in [0.1, 0.15) is 0 Å². The number of anilines is 1. The molecule has 13 heavy (non-hydrogen) atoms. The van der Waals surface area contributed by atoms with Gasteiger partial charge in [-0.05, 0) is 12.1 Å². The van der Waals surface area contributed by atoms with Crippen molar-refractivity contribution in [2.45, 2.75) is 6.43 Å². The second-order valence-corrected chi connectivity index (χ2v) is 2.36. The van der Waals surface area contributed by atoms with Crippen molar-refractivity contribution in [1.29, 1.82) is 0 Å². The second-order valence-electron chi connectivity index (χ2n) is 2.36. The minimum absolute atomic E-state index is 0.119. The van der Waals surface area contributed by atoms with Gasteiger partial charge in [0.2, 0.25) is 0 Å². The molecule has 0 fully saturated rings. The Kier molecular flexibility index (Phi) is 3.00. The molecule has 2 nitrogen and oxygen atoms in total. The number of hydrogen-bond acceptors (Lipinski definition) is 2. The summed E-state index contributed by atoms with van der Waals surface area (Å²) in [5.41, 5.74) is 5.07. The summed E-state index contributed by atoms with van der Waals surface area (Å²) in [6.45, 7) is -0.833. The van der Waals surface area contributed by atoms with Crippen LogP contribution in [0.2, 0.25) is 0 Å². The standard InChI is InChI=1S/C8H8F3NO/c9-7(10)4-13-6-3-1-2-5(12)8(6)11/h1-3,7H,4,12H2. The predicted octanol–water partition coefficient (Wildman–Crippen LogP) is 2.05. The Hall–Kier alpha value is -1.39. The summed E-state index contributed by atoms with van der Waals surface area (Å²) in [4.78, 5) is 0. The fraction of sp³-hybridized carbons (Fsp3) is 0.250. The van der Waals surface area contributed by atoms with Crippen molar-refractivity contribution in [2.24, 2.45) is 0 Å². The van der Waals surface area contributed by atoms with Crippen LogP contribution in [-0.4, -0.2) is 13.0 Å². The molecule has 0 aliphatic heterocycles. The Balaban J connectivity index is 2.71. The maximum Gasteiger partial charge on any atom is 0.272 e. The van der Waals surface area contributed by atoms with Gasteiger partial charge in [-0.1, -0.05) is 6.07 Å². The van der Waals surface area contributed by atoms with Crippen LogP contribution in [0, 0.1) is 5.82 Å². The Morgan fingerprint density at radius 2 is 2.08 bits per heavy atom. The van der Waals surface area contributed by atoms with Crippen LogP contribution in [0.25, 0.3) is 0 Å². The zero-order chi connectivity index (χ0) is 9.84. The Morgan fingerprint density at radius 3 is 2.69 bits per heavy atom. The van der Waals surface area contributed by atoms with E-state index >= 15 is 0 Å². The summed E-state index contributed by atoms with van der Waals surface area (Å²) in [5.74, 6) is -1.05. The van der Waals surface area contributed by atoms with Gasteiger partial charge in [-0.25, -0.2) is 13.2 Å². The molecule has 1 rings (SSSR count). The van der Waals surface area contributed by atoms with Gasteiger partial charge in [0, 0.05) is 0 Å². The third-order valence-electron chi connectivity index (χ3n) is 1.36. The van der Waals surface area contributed by atoms with E-state index in [2.05, 4.69) is 4.74 Å². The summed E-state index contributed by atoms with van der Waals surface area (Å²) in [6.07, 6.45) is -2.62. The lowest BCUT2D eigenvalue weighted by Crippen LogP contribution is -2.08. The first kappa shape index (κ1) is 9.70. The SMILES string of the molecule is Nc1cccc(OCC(F)F)c1F. The van der Waals surface area contributed by atoms with Crippen LogP contribution < -0.4 is 10.5 Å². The first-order valence-electron chi connectivity index (χ1n) is 3.56. The minimum atomic E-state index is -2.62.